The van der Waals surface area contributed by atoms with E-state index in [1.807, 2.05) is 17.0 Å². The number of aromatic nitrogens is 1. The zero-order chi connectivity index (χ0) is 19.1. The Morgan fingerprint density at radius 3 is 2.44 bits per heavy atom. The molecule has 2 atom stereocenters. The highest BCUT2D eigenvalue weighted by molar-refractivity contribution is 7.21. The van der Waals surface area contributed by atoms with Crippen molar-refractivity contribution >= 4 is 33.1 Å². The number of pyridine rings is 1. The number of carbonyl (C=O) groups excluding carboxylic acids is 1. The zero-order valence-corrected chi connectivity index (χ0v) is 16.8. The Kier molecular flexibility index (Phi) is 4.64. The molecule has 4 rings (SSSR count). The van der Waals surface area contributed by atoms with Crippen LogP contribution >= 0.6 is 11.3 Å². The van der Waals surface area contributed by atoms with Crippen LogP contribution in [0, 0.1) is 18.8 Å². The number of nitrogens with two attached hydrogens (primary N) is 1. The minimum absolute atomic E-state index is 0.0470. The van der Waals surface area contributed by atoms with Gasteiger partial charge in [-0.2, -0.15) is 0 Å². The maximum absolute atomic E-state index is 13.1. The van der Waals surface area contributed by atoms with Crippen molar-refractivity contribution < 1.29 is 4.79 Å². The first-order chi connectivity index (χ1) is 12.9. The number of hydrogen-bond acceptors (Lipinski definition) is 4. The molecular weight excluding hydrogens is 354 g/mol. The molecule has 1 aromatic carbocycles. The van der Waals surface area contributed by atoms with E-state index in [1.165, 1.54) is 23.3 Å². The van der Waals surface area contributed by atoms with E-state index < -0.39 is 0 Å². The molecule has 1 fully saturated rings. The molecule has 4 nitrogen and oxygen atoms in total. The average Bonchev–Trinajstić information content (AvgIpc) is 2.97. The van der Waals surface area contributed by atoms with Gasteiger partial charge in [-0.25, -0.2) is 4.98 Å². The van der Waals surface area contributed by atoms with Gasteiger partial charge in [-0.1, -0.05) is 43.7 Å². The highest BCUT2D eigenvalue weighted by Gasteiger charge is 2.29. The molecule has 0 bridgehead atoms. The van der Waals surface area contributed by atoms with Gasteiger partial charge in [0.15, 0.2) is 0 Å². The van der Waals surface area contributed by atoms with Gasteiger partial charge in [-0.15, -0.1) is 11.3 Å². The van der Waals surface area contributed by atoms with Crippen LogP contribution in [0.15, 0.2) is 36.4 Å². The number of benzene rings is 1. The van der Waals surface area contributed by atoms with E-state index >= 15 is 0 Å². The largest absolute Gasteiger partial charge is 0.397 e. The molecule has 2 aromatic heterocycles. The number of piperidine rings is 1. The summed E-state index contributed by atoms with van der Waals surface area (Å²) in [4.78, 5) is 21.3. The Hall–Kier alpha value is -2.40. The second-order valence-corrected chi connectivity index (χ2v) is 8.92. The molecular formula is C22H25N3OS. The minimum Gasteiger partial charge on any atom is -0.397 e. The van der Waals surface area contributed by atoms with Gasteiger partial charge >= 0.3 is 0 Å². The van der Waals surface area contributed by atoms with Crippen LogP contribution in [-0.4, -0.2) is 28.9 Å². The van der Waals surface area contributed by atoms with Gasteiger partial charge in [-0.05, 0) is 37.3 Å². The molecule has 0 aliphatic carbocycles. The van der Waals surface area contributed by atoms with Crippen LogP contribution in [-0.2, 0) is 0 Å². The third-order valence-electron chi connectivity index (χ3n) is 5.29. The van der Waals surface area contributed by atoms with Gasteiger partial charge in [-0.3, -0.25) is 4.79 Å². The molecule has 3 heterocycles. The number of hydrogen-bond donors (Lipinski definition) is 1. The molecule has 140 valence electrons. The lowest BCUT2D eigenvalue weighted by molar-refractivity contribution is 0.0629. The van der Waals surface area contributed by atoms with Crippen molar-refractivity contribution in [3.8, 4) is 11.3 Å². The number of aryl methyl sites for hydroxylation is 1. The smallest absolute Gasteiger partial charge is 0.266 e. The number of amides is 1. The molecule has 5 heteroatoms. The lowest BCUT2D eigenvalue weighted by Crippen LogP contribution is -2.42. The topological polar surface area (TPSA) is 59.2 Å². The number of nitrogen functional groups attached to an aromatic ring is 1. The van der Waals surface area contributed by atoms with E-state index in [2.05, 4.69) is 45.0 Å². The van der Waals surface area contributed by atoms with E-state index in [4.69, 9.17) is 10.7 Å². The molecule has 0 saturated carbocycles. The first kappa shape index (κ1) is 18.0. The minimum atomic E-state index is 0.0470. The molecule has 27 heavy (non-hydrogen) atoms. The predicted octanol–water partition coefficient (Wildman–Crippen LogP) is 4.97. The van der Waals surface area contributed by atoms with Crippen molar-refractivity contribution in [3.63, 3.8) is 0 Å². The lowest BCUT2D eigenvalue weighted by Gasteiger charge is -2.34. The number of thiophene rings is 1. The standard InChI is InChI=1S/C22H25N3OS/c1-13-4-6-16(7-5-13)18-9-8-17-19(23)20(27-21(17)24-18)22(26)25-11-14(2)10-15(3)12-25/h4-9,14-15H,10-12,23H2,1-3H3/t14-,15+. The van der Waals surface area contributed by atoms with Gasteiger partial charge in [0, 0.05) is 24.0 Å². The Bertz CT molecular complexity index is 983. The Labute approximate surface area is 164 Å². The first-order valence-corrected chi connectivity index (χ1v) is 10.3. The fourth-order valence-corrected chi connectivity index (χ4v) is 5.08. The summed E-state index contributed by atoms with van der Waals surface area (Å²) >= 11 is 1.41. The van der Waals surface area contributed by atoms with E-state index in [0.29, 0.717) is 22.4 Å². The Balaban J connectivity index is 1.69. The number of fused-ring (bicyclic) bond motifs is 1. The van der Waals surface area contributed by atoms with Crippen LogP contribution in [0.5, 0.6) is 0 Å². The van der Waals surface area contributed by atoms with Crippen molar-refractivity contribution in [2.24, 2.45) is 11.8 Å². The van der Waals surface area contributed by atoms with Crippen molar-refractivity contribution in [2.75, 3.05) is 18.8 Å². The van der Waals surface area contributed by atoms with Crippen LogP contribution < -0.4 is 5.73 Å². The van der Waals surface area contributed by atoms with Crippen molar-refractivity contribution in [2.45, 2.75) is 27.2 Å². The van der Waals surface area contributed by atoms with Crippen molar-refractivity contribution in [1.82, 2.24) is 9.88 Å². The highest BCUT2D eigenvalue weighted by atomic mass is 32.1. The summed E-state index contributed by atoms with van der Waals surface area (Å²) in [5.74, 6) is 1.10. The van der Waals surface area contributed by atoms with Gasteiger partial charge in [0.2, 0.25) is 0 Å². The van der Waals surface area contributed by atoms with E-state index in [0.717, 1.165) is 34.6 Å². The fourth-order valence-electron chi connectivity index (χ4n) is 4.01. The SMILES string of the molecule is Cc1ccc(-c2ccc3c(N)c(C(=O)N4C[C@H](C)C[C@H](C)C4)sc3n2)cc1. The van der Waals surface area contributed by atoms with Gasteiger partial charge in [0.1, 0.15) is 9.71 Å². The summed E-state index contributed by atoms with van der Waals surface area (Å²) in [5.41, 5.74) is 10.1. The van der Waals surface area contributed by atoms with Crippen LogP contribution in [0.2, 0.25) is 0 Å². The Morgan fingerprint density at radius 2 is 1.78 bits per heavy atom. The van der Waals surface area contributed by atoms with E-state index in [-0.39, 0.29) is 5.91 Å². The normalized spacial score (nSPS) is 20.2. The number of carbonyl (C=O) groups is 1. The third-order valence-corrected chi connectivity index (χ3v) is 6.39. The number of nitrogens with zero attached hydrogens (tertiary/aromatic N) is 2. The summed E-state index contributed by atoms with van der Waals surface area (Å²) in [7, 11) is 0. The molecule has 1 saturated heterocycles. The average molecular weight is 380 g/mol. The van der Waals surface area contributed by atoms with Crippen LogP contribution in [0.1, 0.15) is 35.5 Å². The maximum atomic E-state index is 13.1. The van der Waals surface area contributed by atoms with Crippen LogP contribution in [0.3, 0.4) is 0 Å². The fraction of sp³-hybridized carbons (Fsp3) is 0.364. The monoisotopic (exact) mass is 379 g/mol. The van der Waals surface area contributed by atoms with Gasteiger partial charge < -0.3 is 10.6 Å². The molecule has 0 spiro atoms. The van der Waals surface area contributed by atoms with Crippen LogP contribution in [0.25, 0.3) is 21.5 Å². The molecule has 3 aromatic rings. The third kappa shape index (κ3) is 3.44. The second-order valence-electron chi connectivity index (χ2n) is 7.92. The van der Waals surface area contributed by atoms with Gasteiger partial charge in [0.05, 0.1) is 11.4 Å². The summed E-state index contributed by atoms with van der Waals surface area (Å²) in [6, 6.07) is 12.3. The molecule has 1 amide bonds. The first-order valence-electron chi connectivity index (χ1n) is 9.47. The van der Waals surface area contributed by atoms with Crippen LogP contribution in [0.4, 0.5) is 5.69 Å². The van der Waals surface area contributed by atoms with E-state index in [1.54, 1.807) is 0 Å². The number of anilines is 1. The second kappa shape index (κ2) is 6.97. The van der Waals surface area contributed by atoms with Crippen molar-refractivity contribution in [3.05, 3.63) is 46.8 Å². The highest BCUT2D eigenvalue weighted by Crippen LogP contribution is 2.36. The summed E-state index contributed by atoms with van der Waals surface area (Å²) < 4.78 is 0. The quantitative estimate of drug-likeness (QED) is 0.684. The molecule has 2 N–H and O–H groups in total. The summed E-state index contributed by atoms with van der Waals surface area (Å²) in [5, 5.41) is 0.873. The lowest BCUT2D eigenvalue weighted by atomic mass is 9.92. The van der Waals surface area contributed by atoms with E-state index in [9.17, 15) is 4.79 Å². The zero-order valence-electron chi connectivity index (χ0n) is 16.0. The molecule has 0 radical (unpaired) electrons. The molecule has 0 unspecified atom stereocenters. The predicted molar refractivity (Wildman–Crippen MR) is 113 cm³/mol. The molecule has 1 aliphatic rings. The van der Waals surface area contributed by atoms with Gasteiger partial charge in [0.25, 0.3) is 5.91 Å². The number of likely N-dealkylation sites (tertiary alicyclic amines) is 1. The maximum Gasteiger partial charge on any atom is 0.266 e. The van der Waals surface area contributed by atoms with Crippen molar-refractivity contribution in [1.29, 1.82) is 0 Å². The Morgan fingerprint density at radius 1 is 1.11 bits per heavy atom. The molecule has 1 aliphatic heterocycles. The number of rotatable bonds is 2. The summed E-state index contributed by atoms with van der Waals surface area (Å²) in [6.07, 6.45) is 1.17. The summed E-state index contributed by atoms with van der Waals surface area (Å²) in [6.45, 7) is 8.09.